The second-order valence-corrected chi connectivity index (χ2v) is 6.25. The largest absolute Gasteiger partial charge is 0.481 e. The predicted octanol–water partition coefficient (Wildman–Crippen LogP) is 4.12. The molecule has 0 fully saturated rings. The van der Waals surface area contributed by atoms with Gasteiger partial charge < -0.3 is 14.6 Å². The Hall–Kier alpha value is -2.34. The van der Waals surface area contributed by atoms with Gasteiger partial charge in [0.15, 0.2) is 12.0 Å². The summed E-state index contributed by atoms with van der Waals surface area (Å²) in [5.74, 6) is -0.526. The van der Waals surface area contributed by atoms with Crippen LogP contribution < -0.4 is 5.32 Å². The summed E-state index contributed by atoms with van der Waals surface area (Å²) in [6, 6.07) is 13.4. The first-order valence-electron chi connectivity index (χ1n) is 7.88. The highest BCUT2D eigenvalue weighted by Gasteiger charge is 2.18. The summed E-state index contributed by atoms with van der Waals surface area (Å²) in [7, 11) is 0. The van der Waals surface area contributed by atoms with Crippen molar-refractivity contribution in [1.82, 2.24) is 5.32 Å². The normalized spacial score (nSPS) is 12.4. The summed E-state index contributed by atoms with van der Waals surface area (Å²) in [6.45, 7) is 2.02. The molecule has 3 rings (SSSR count). The topological polar surface area (TPSA) is 82.7 Å². The number of hydrogen-bond acceptors (Lipinski definition) is 4. The smallest absolute Gasteiger partial charge is 0.304 e. The lowest BCUT2D eigenvalue weighted by molar-refractivity contribution is -0.137. The number of aryl methyl sites for hydroxylation is 1. The van der Waals surface area contributed by atoms with E-state index in [0.29, 0.717) is 16.4 Å². The fourth-order valence-corrected chi connectivity index (χ4v) is 2.86. The van der Waals surface area contributed by atoms with Crippen LogP contribution in [-0.2, 0) is 4.79 Å². The number of aliphatic hydroxyl groups excluding tert-OH is 1. The van der Waals surface area contributed by atoms with Gasteiger partial charge in [0.25, 0.3) is 0 Å². The van der Waals surface area contributed by atoms with E-state index >= 15 is 0 Å². The molecule has 0 bridgehead atoms. The molecule has 0 aliphatic carbocycles. The maximum absolute atomic E-state index is 10.6. The first-order chi connectivity index (χ1) is 12.0. The van der Waals surface area contributed by atoms with Crippen LogP contribution >= 0.6 is 11.6 Å². The van der Waals surface area contributed by atoms with E-state index in [1.165, 1.54) is 0 Å². The first kappa shape index (κ1) is 17.5. The van der Waals surface area contributed by atoms with Crippen molar-refractivity contribution >= 4 is 28.5 Å². The summed E-state index contributed by atoms with van der Waals surface area (Å²) < 4.78 is 5.82. The molecule has 1 heterocycles. The Labute approximate surface area is 149 Å². The molecule has 1 unspecified atom stereocenters. The summed E-state index contributed by atoms with van der Waals surface area (Å²) in [6.07, 6.45) is -1.12. The molecule has 0 saturated heterocycles. The van der Waals surface area contributed by atoms with Gasteiger partial charge >= 0.3 is 5.97 Å². The highest BCUT2D eigenvalue weighted by Crippen LogP contribution is 2.32. The van der Waals surface area contributed by atoms with Gasteiger partial charge in [0.1, 0.15) is 5.58 Å². The van der Waals surface area contributed by atoms with E-state index in [0.717, 1.165) is 22.1 Å². The maximum Gasteiger partial charge on any atom is 0.304 e. The van der Waals surface area contributed by atoms with E-state index in [1.54, 1.807) is 0 Å². The Morgan fingerprint density at radius 1 is 1.20 bits per heavy atom. The van der Waals surface area contributed by atoms with E-state index in [-0.39, 0.29) is 13.0 Å². The number of halogens is 1. The van der Waals surface area contributed by atoms with Gasteiger partial charge in [-0.15, -0.1) is 0 Å². The van der Waals surface area contributed by atoms with Gasteiger partial charge in [0, 0.05) is 22.5 Å². The number of furan rings is 1. The molecule has 3 aromatic rings. The summed E-state index contributed by atoms with van der Waals surface area (Å²) in [4.78, 5) is 10.6. The van der Waals surface area contributed by atoms with E-state index in [1.807, 2.05) is 49.4 Å². The number of hydrogen-bond donors (Lipinski definition) is 3. The van der Waals surface area contributed by atoms with Crippen molar-refractivity contribution in [2.45, 2.75) is 19.6 Å². The van der Waals surface area contributed by atoms with Gasteiger partial charge in [-0.2, -0.15) is 0 Å². The van der Waals surface area contributed by atoms with E-state index in [2.05, 4.69) is 5.32 Å². The van der Waals surface area contributed by atoms with Crippen molar-refractivity contribution in [3.8, 4) is 11.1 Å². The molecule has 0 spiro atoms. The van der Waals surface area contributed by atoms with Crippen molar-refractivity contribution in [1.29, 1.82) is 0 Å². The zero-order chi connectivity index (χ0) is 18.0. The van der Waals surface area contributed by atoms with Crippen LogP contribution in [0.2, 0.25) is 5.02 Å². The molecule has 2 aromatic carbocycles. The number of aliphatic carboxylic acids is 1. The quantitative estimate of drug-likeness (QED) is 0.577. The van der Waals surface area contributed by atoms with Crippen molar-refractivity contribution in [2.75, 3.05) is 6.54 Å². The van der Waals surface area contributed by atoms with Crippen molar-refractivity contribution < 1.29 is 19.4 Å². The van der Waals surface area contributed by atoms with E-state index in [9.17, 15) is 9.90 Å². The maximum atomic E-state index is 10.6. The van der Waals surface area contributed by atoms with Crippen LogP contribution in [0.4, 0.5) is 0 Å². The molecule has 0 saturated carbocycles. The number of aliphatic hydroxyl groups is 1. The molecule has 25 heavy (non-hydrogen) atoms. The summed E-state index contributed by atoms with van der Waals surface area (Å²) in [5.41, 5.74) is 3.49. The fraction of sp³-hybridized carbons (Fsp3) is 0.211. The van der Waals surface area contributed by atoms with Crippen LogP contribution in [0.15, 0.2) is 46.9 Å². The zero-order valence-electron chi connectivity index (χ0n) is 13.6. The minimum atomic E-state index is -1.05. The lowest BCUT2D eigenvalue weighted by atomic mass is 10.0. The molecular formula is C19H18ClNO4. The third-order valence-electron chi connectivity index (χ3n) is 4.08. The average molecular weight is 360 g/mol. The Kier molecular flexibility index (Phi) is 5.08. The van der Waals surface area contributed by atoms with Crippen LogP contribution in [0.3, 0.4) is 0 Å². The Balaban J connectivity index is 1.88. The van der Waals surface area contributed by atoms with Gasteiger partial charge in [-0.1, -0.05) is 35.9 Å². The average Bonchev–Trinajstić information content (AvgIpc) is 2.91. The fourth-order valence-electron chi connectivity index (χ4n) is 2.74. The van der Waals surface area contributed by atoms with Crippen LogP contribution in [0.1, 0.15) is 24.0 Å². The minimum Gasteiger partial charge on any atom is -0.481 e. The molecule has 0 radical (unpaired) electrons. The Morgan fingerprint density at radius 2 is 1.88 bits per heavy atom. The number of rotatable bonds is 6. The molecule has 0 amide bonds. The lowest BCUT2D eigenvalue weighted by Crippen LogP contribution is -2.23. The number of fused-ring (bicyclic) bond motifs is 1. The highest BCUT2D eigenvalue weighted by atomic mass is 35.5. The molecule has 130 valence electrons. The Morgan fingerprint density at radius 3 is 2.56 bits per heavy atom. The van der Waals surface area contributed by atoms with Gasteiger partial charge in [-0.25, -0.2) is 0 Å². The number of carboxylic acids is 1. The minimum absolute atomic E-state index is 0.0724. The SMILES string of the molecule is Cc1c(C(O)NCCC(=O)O)oc2cc(-c3ccc(Cl)cc3)ccc12. The van der Waals surface area contributed by atoms with Crippen molar-refractivity contribution in [2.24, 2.45) is 0 Å². The molecule has 1 atom stereocenters. The van der Waals surface area contributed by atoms with E-state index in [4.69, 9.17) is 21.1 Å². The van der Waals surface area contributed by atoms with Gasteiger partial charge in [-0.05, 0) is 36.2 Å². The Bertz CT molecular complexity index is 902. The van der Waals surface area contributed by atoms with Crippen LogP contribution in [0.5, 0.6) is 0 Å². The highest BCUT2D eigenvalue weighted by molar-refractivity contribution is 6.30. The van der Waals surface area contributed by atoms with Crippen molar-refractivity contribution in [3.63, 3.8) is 0 Å². The zero-order valence-corrected chi connectivity index (χ0v) is 14.4. The van der Waals surface area contributed by atoms with Crippen LogP contribution in [0, 0.1) is 6.92 Å². The predicted molar refractivity (Wildman–Crippen MR) is 96.6 cm³/mol. The van der Waals surface area contributed by atoms with Gasteiger partial charge in [-0.3, -0.25) is 10.1 Å². The first-order valence-corrected chi connectivity index (χ1v) is 8.25. The molecule has 1 aromatic heterocycles. The van der Waals surface area contributed by atoms with Gasteiger partial charge in [0.05, 0.1) is 6.42 Å². The second kappa shape index (κ2) is 7.27. The molecule has 5 nitrogen and oxygen atoms in total. The van der Waals surface area contributed by atoms with Gasteiger partial charge in [0.2, 0.25) is 0 Å². The van der Waals surface area contributed by atoms with Crippen molar-refractivity contribution in [3.05, 3.63) is 58.8 Å². The molecule has 6 heteroatoms. The third kappa shape index (κ3) is 3.85. The standard InChI is InChI=1S/C19H18ClNO4/c1-11-15-7-4-13(12-2-5-14(20)6-3-12)10-16(15)25-18(11)19(24)21-9-8-17(22)23/h2-7,10,19,21,24H,8-9H2,1H3,(H,22,23). The number of carbonyl (C=O) groups is 1. The second-order valence-electron chi connectivity index (χ2n) is 5.81. The third-order valence-corrected chi connectivity index (χ3v) is 4.33. The molecular weight excluding hydrogens is 342 g/mol. The van der Waals surface area contributed by atoms with E-state index < -0.39 is 12.2 Å². The summed E-state index contributed by atoms with van der Waals surface area (Å²) >= 11 is 5.92. The molecule has 0 aliphatic rings. The number of nitrogens with one attached hydrogen (secondary N) is 1. The summed E-state index contributed by atoms with van der Waals surface area (Å²) in [5, 5.41) is 23.2. The monoisotopic (exact) mass is 359 g/mol. The molecule has 3 N–H and O–H groups in total. The molecule has 0 aliphatic heterocycles. The van der Waals surface area contributed by atoms with Crippen LogP contribution in [-0.4, -0.2) is 22.7 Å². The number of carboxylic acid groups (broad SMARTS) is 1. The lowest BCUT2D eigenvalue weighted by Gasteiger charge is -2.10. The number of benzene rings is 2. The van der Waals surface area contributed by atoms with Crippen LogP contribution in [0.25, 0.3) is 22.1 Å².